The number of hydrogen-bond donors (Lipinski definition) is 0. The van der Waals surface area contributed by atoms with E-state index in [9.17, 15) is 4.79 Å². The lowest BCUT2D eigenvalue weighted by atomic mass is 10.0. The molecular weight excluding hydrogens is 364 g/mol. The highest BCUT2D eigenvalue weighted by Crippen LogP contribution is 2.30. The first-order valence-corrected chi connectivity index (χ1v) is 10.6. The predicted molar refractivity (Wildman–Crippen MR) is 118 cm³/mol. The molecule has 0 atom stereocenters. The summed E-state index contributed by atoms with van der Waals surface area (Å²) in [5.41, 5.74) is 5.78. The van der Waals surface area contributed by atoms with Crippen LogP contribution in [0.25, 0.3) is 21.3 Å². The molecule has 4 heteroatoms. The van der Waals surface area contributed by atoms with Gasteiger partial charge in [-0.3, -0.25) is 9.36 Å². The summed E-state index contributed by atoms with van der Waals surface area (Å²) >= 11 is 1.53. The first-order chi connectivity index (χ1) is 13.6. The summed E-state index contributed by atoms with van der Waals surface area (Å²) < 4.78 is 1.71. The Morgan fingerprint density at radius 3 is 2.32 bits per heavy atom. The molecule has 0 spiro atoms. The molecule has 0 aliphatic carbocycles. The number of fused-ring (bicyclic) bond motifs is 1. The van der Waals surface area contributed by atoms with E-state index < -0.39 is 0 Å². The van der Waals surface area contributed by atoms with Gasteiger partial charge in [-0.2, -0.15) is 0 Å². The van der Waals surface area contributed by atoms with Crippen molar-refractivity contribution in [3.05, 3.63) is 87.3 Å². The second kappa shape index (κ2) is 7.72. The van der Waals surface area contributed by atoms with Gasteiger partial charge >= 0.3 is 0 Å². The molecule has 4 rings (SSSR count). The first-order valence-electron chi connectivity index (χ1n) is 9.71. The first kappa shape index (κ1) is 18.6. The van der Waals surface area contributed by atoms with E-state index >= 15 is 0 Å². The average Bonchev–Trinajstić information content (AvgIpc) is 3.15. The van der Waals surface area contributed by atoms with Crippen LogP contribution in [0, 0.1) is 0 Å². The van der Waals surface area contributed by atoms with Gasteiger partial charge in [0.15, 0.2) is 0 Å². The van der Waals surface area contributed by atoms with Gasteiger partial charge in [0.1, 0.15) is 4.83 Å². The minimum absolute atomic E-state index is 0.0220. The van der Waals surface area contributed by atoms with Crippen LogP contribution < -0.4 is 5.56 Å². The lowest BCUT2D eigenvalue weighted by Crippen LogP contribution is -2.21. The Kier molecular flexibility index (Phi) is 5.14. The Bertz CT molecular complexity index is 1150. The van der Waals surface area contributed by atoms with Crippen LogP contribution >= 0.6 is 11.3 Å². The largest absolute Gasteiger partial charge is 0.294 e. The van der Waals surface area contributed by atoms with Crippen LogP contribution in [0.1, 0.15) is 43.4 Å². The van der Waals surface area contributed by atoms with E-state index in [0.29, 0.717) is 12.5 Å². The monoisotopic (exact) mass is 388 g/mol. The van der Waals surface area contributed by atoms with Gasteiger partial charge in [-0.25, -0.2) is 4.98 Å². The van der Waals surface area contributed by atoms with Gasteiger partial charge in [0, 0.05) is 10.9 Å². The molecular formula is C24H24N2OS. The Balaban J connectivity index is 1.72. The van der Waals surface area contributed by atoms with Gasteiger partial charge in [0.2, 0.25) is 0 Å². The number of aryl methyl sites for hydroxylation is 1. The number of hydrogen-bond acceptors (Lipinski definition) is 3. The number of nitrogens with zero attached hydrogens (tertiary/aromatic N) is 2. The molecule has 142 valence electrons. The standard InChI is InChI=1S/C24H24N2OS/c1-4-17-5-11-20(12-6-17)21-14-28-23-22(21)24(27)26(15-25-23)13-18-7-9-19(10-8-18)16(2)3/h5-12,14-16H,4,13H2,1-3H3. The molecule has 0 N–H and O–H groups in total. The highest BCUT2D eigenvalue weighted by atomic mass is 32.1. The minimum atomic E-state index is 0.0220. The molecule has 0 amide bonds. The fourth-order valence-corrected chi connectivity index (χ4v) is 4.32. The fraction of sp³-hybridized carbons (Fsp3) is 0.250. The van der Waals surface area contributed by atoms with Crippen molar-refractivity contribution >= 4 is 21.6 Å². The molecule has 4 aromatic rings. The van der Waals surface area contributed by atoms with Crippen molar-refractivity contribution in [1.82, 2.24) is 9.55 Å². The molecule has 0 aliphatic heterocycles. The van der Waals surface area contributed by atoms with Crippen molar-refractivity contribution < 1.29 is 0 Å². The summed E-state index contributed by atoms with van der Waals surface area (Å²) in [6.45, 7) is 7.04. The van der Waals surface area contributed by atoms with E-state index in [2.05, 4.69) is 74.3 Å². The minimum Gasteiger partial charge on any atom is -0.294 e. The molecule has 2 aromatic heterocycles. The summed E-state index contributed by atoms with van der Waals surface area (Å²) in [7, 11) is 0. The topological polar surface area (TPSA) is 34.9 Å². The smallest absolute Gasteiger partial charge is 0.263 e. The van der Waals surface area contributed by atoms with E-state index in [1.807, 2.05) is 5.38 Å². The molecule has 0 saturated heterocycles. The fourth-order valence-electron chi connectivity index (χ4n) is 3.42. The van der Waals surface area contributed by atoms with Crippen molar-refractivity contribution in [3.63, 3.8) is 0 Å². The van der Waals surface area contributed by atoms with Gasteiger partial charge in [-0.1, -0.05) is 69.3 Å². The van der Waals surface area contributed by atoms with E-state index in [1.54, 1.807) is 10.9 Å². The van der Waals surface area contributed by atoms with Gasteiger partial charge in [-0.05, 0) is 34.6 Å². The van der Waals surface area contributed by atoms with Crippen molar-refractivity contribution in [2.45, 2.75) is 39.7 Å². The normalized spacial score (nSPS) is 11.4. The number of benzene rings is 2. The lowest BCUT2D eigenvalue weighted by molar-refractivity contribution is 0.748. The zero-order valence-electron chi connectivity index (χ0n) is 16.5. The van der Waals surface area contributed by atoms with Crippen molar-refractivity contribution in [3.8, 4) is 11.1 Å². The van der Waals surface area contributed by atoms with E-state index in [1.165, 1.54) is 22.5 Å². The molecule has 2 aromatic carbocycles. The summed E-state index contributed by atoms with van der Waals surface area (Å²) in [5, 5.41) is 2.76. The Morgan fingerprint density at radius 2 is 1.68 bits per heavy atom. The molecule has 28 heavy (non-hydrogen) atoms. The lowest BCUT2D eigenvalue weighted by Gasteiger charge is -2.09. The molecule has 0 fully saturated rings. The molecule has 0 radical (unpaired) electrons. The number of aromatic nitrogens is 2. The Morgan fingerprint density at radius 1 is 1.00 bits per heavy atom. The van der Waals surface area contributed by atoms with Crippen LogP contribution in [0.4, 0.5) is 0 Å². The Labute approximate surface area is 169 Å². The summed E-state index contributed by atoms with van der Waals surface area (Å²) in [5.74, 6) is 0.502. The maximum Gasteiger partial charge on any atom is 0.263 e. The molecule has 0 bridgehead atoms. The number of thiophene rings is 1. The van der Waals surface area contributed by atoms with Gasteiger partial charge < -0.3 is 0 Å². The van der Waals surface area contributed by atoms with Crippen molar-refractivity contribution in [1.29, 1.82) is 0 Å². The predicted octanol–water partition coefficient (Wildman–Crippen LogP) is 5.86. The van der Waals surface area contributed by atoms with Crippen LogP contribution in [0.3, 0.4) is 0 Å². The van der Waals surface area contributed by atoms with Crippen LogP contribution in [-0.4, -0.2) is 9.55 Å². The molecule has 3 nitrogen and oxygen atoms in total. The van der Waals surface area contributed by atoms with E-state index in [0.717, 1.165) is 33.3 Å². The van der Waals surface area contributed by atoms with E-state index in [-0.39, 0.29) is 5.56 Å². The number of rotatable bonds is 5. The Hall–Kier alpha value is -2.72. The van der Waals surface area contributed by atoms with Crippen LogP contribution in [0.2, 0.25) is 0 Å². The summed E-state index contributed by atoms with van der Waals surface area (Å²) in [6, 6.07) is 16.9. The molecule has 0 saturated carbocycles. The van der Waals surface area contributed by atoms with Crippen LogP contribution in [0.15, 0.2) is 65.0 Å². The zero-order chi connectivity index (χ0) is 19.7. The van der Waals surface area contributed by atoms with Gasteiger partial charge in [0.25, 0.3) is 5.56 Å². The molecule has 2 heterocycles. The zero-order valence-corrected chi connectivity index (χ0v) is 17.3. The summed E-state index contributed by atoms with van der Waals surface area (Å²) in [4.78, 5) is 18.6. The van der Waals surface area contributed by atoms with E-state index in [4.69, 9.17) is 0 Å². The second-order valence-corrected chi connectivity index (χ2v) is 8.31. The van der Waals surface area contributed by atoms with Gasteiger partial charge in [0.05, 0.1) is 18.3 Å². The highest BCUT2D eigenvalue weighted by molar-refractivity contribution is 7.17. The van der Waals surface area contributed by atoms with Crippen molar-refractivity contribution in [2.75, 3.05) is 0 Å². The maximum absolute atomic E-state index is 13.2. The highest BCUT2D eigenvalue weighted by Gasteiger charge is 2.13. The van der Waals surface area contributed by atoms with Crippen LogP contribution in [-0.2, 0) is 13.0 Å². The van der Waals surface area contributed by atoms with Gasteiger partial charge in [-0.15, -0.1) is 11.3 Å². The molecule has 0 unspecified atom stereocenters. The quantitative estimate of drug-likeness (QED) is 0.429. The third-order valence-electron chi connectivity index (χ3n) is 5.23. The average molecular weight is 389 g/mol. The van der Waals surface area contributed by atoms with Crippen LogP contribution in [0.5, 0.6) is 0 Å². The molecule has 0 aliphatic rings. The third kappa shape index (κ3) is 3.52. The van der Waals surface area contributed by atoms with Crippen molar-refractivity contribution in [2.24, 2.45) is 0 Å². The third-order valence-corrected chi connectivity index (χ3v) is 6.12. The summed E-state index contributed by atoms with van der Waals surface area (Å²) in [6.07, 6.45) is 2.68. The second-order valence-electron chi connectivity index (χ2n) is 7.45. The SMILES string of the molecule is CCc1ccc(-c2csc3ncn(Cc4ccc(C(C)C)cc4)c(=O)c23)cc1. The maximum atomic E-state index is 13.2.